The second-order valence-electron chi connectivity index (χ2n) is 7.55. The monoisotopic (exact) mass is 460 g/mol. The highest BCUT2D eigenvalue weighted by Gasteiger charge is 2.17. The number of Topliss-reactive ketones (excluding diaryl/α,β-unsaturated/α-hetero) is 1. The third-order valence-corrected chi connectivity index (χ3v) is 6.73. The molecular weight excluding hydrogens is 432 g/mol. The van der Waals surface area contributed by atoms with Crippen molar-refractivity contribution in [2.75, 3.05) is 18.5 Å². The molecule has 2 N–H and O–H groups in total. The van der Waals surface area contributed by atoms with E-state index in [0.717, 1.165) is 22.3 Å². The maximum absolute atomic E-state index is 12.5. The molecule has 9 heteroatoms. The second-order valence-corrected chi connectivity index (χ2v) is 9.32. The first-order valence-electron chi connectivity index (χ1n) is 10.1. The highest BCUT2D eigenvalue weighted by molar-refractivity contribution is 7.89. The van der Waals surface area contributed by atoms with Gasteiger partial charge in [-0.15, -0.1) is 0 Å². The smallest absolute Gasteiger partial charge is 0.307 e. The van der Waals surface area contributed by atoms with E-state index in [0.29, 0.717) is 11.3 Å². The van der Waals surface area contributed by atoms with Crippen LogP contribution in [0.5, 0.6) is 0 Å². The maximum Gasteiger partial charge on any atom is 0.307 e. The molecule has 32 heavy (non-hydrogen) atoms. The summed E-state index contributed by atoms with van der Waals surface area (Å²) in [6, 6.07) is 7.41. The molecule has 0 aliphatic carbocycles. The molecule has 2 aromatic rings. The van der Waals surface area contributed by atoms with Crippen LogP contribution in [0, 0.1) is 27.7 Å². The van der Waals surface area contributed by atoms with Crippen molar-refractivity contribution in [3.8, 4) is 0 Å². The summed E-state index contributed by atoms with van der Waals surface area (Å²) in [5.41, 5.74) is 4.97. The minimum atomic E-state index is -3.83. The van der Waals surface area contributed by atoms with Crippen molar-refractivity contribution in [2.24, 2.45) is 0 Å². The average molecular weight is 461 g/mol. The Morgan fingerprint density at radius 2 is 1.56 bits per heavy atom. The summed E-state index contributed by atoms with van der Waals surface area (Å²) in [5.74, 6) is -1.25. The van der Waals surface area contributed by atoms with Crippen LogP contribution in [-0.2, 0) is 24.3 Å². The first-order valence-corrected chi connectivity index (χ1v) is 11.5. The van der Waals surface area contributed by atoms with Gasteiger partial charge < -0.3 is 10.1 Å². The average Bonchev–Trinajstić information content (AvgIpc) is 2.73. The Bertz CT molecular complexity index is 1140. The van der Waals surface area contributed by atoms with E-state index >= 15 is 0 Å². The zero-order chi connectivity index (χ0) is 24.1. The van der Waals surface area contributed by atoms with E-state index in [2.05, 4.69) is 10.0 Å². The number of aryl methyl sites for hydroxylation is 1. The van der Waals surface area contributed by atoms with Crippen molar-refractivity contribution < 1.29 is 27.5 Å². The number of ketones is 1. The molecule has 8 nitrogen and oxygen atoms in total. The number of rotatable bonds is 9. The lowest BCUT2D eigenvalue weighted by molar-refractivity contribution is -0.142. The van der Waals surface area contributed by atoms with E-state index in [1.165, 1.54) is 31.2 Å². The van der Waals surface area contributed by atoms with Gasteiger partial charge in [0.05, 0.1) is 11.3 Å². The molecule has 0 radical (unpaired) electrons. The molecule has 0 aromatic heterocycles. The van der Waals surface area contributed by atoms with E-state index in [1.807, 2.05) is 27.7 Å². The maximum atomic E-state index is 12.5. The van der Waals surface area contributed by atoms with Gasteiger partial charge in [-0.05, 0) is 80.3 Å². The Labute approximate surface area is 188 Å². The van der Waals surface area contributed by atoms with Gasteiger partial charge in [0.25, 0.3) is 0 Å². The van der Waals surface area contributed by atoms with E-state index in [4.69, 9.17) is 4.74 Å². The van der Waals surface area contributed by atoms with Crippen LogP contribution in [-0.4, -0.2) is 39.2 Å². The Hall–Kier alpha value is -3.04. The standard InChI is InChI=1S/C23H28N2O6S/c1-14-12-21(17(4)16(3)15(14)2)22(27)13-31-23(28)10-11-24-32(29,30)20-8-6-19(7-9-20)25-18(5)26/h6-9,12,24H,10-11,13H2,1-5H3,(H,25,26). The lowest BCUT2D eigenvalue weighted by Crippen LogP contribution is -2.27. The van der Waals surface area contributed by atoms with Crippen LogP contribution in [0.4, 0.5) is 5.69 Å². The van der Waals surface area contributed by atoms with Crippen LogP contribution >= 0.6 is 0 Å². The fraction of sp³-hybridized carbons (Fsp3) is 0.348. The first kappa shape index (κ1) is 25.2. The molecule has 2 aromatic carbocycles. The van der Waals surface area contributed by atoms with Crippen LogP contribution in [0.25, 0.3) is 0 Å². The minimum Gasteiger partial charge on any atom is -0.457 e. The molecule has 0 fully saturated rings. The normalized spacial score (nSPS) is 11.2. The van der Waals surface area contributed by atoms with E-state index in [9.17, 15) is 22.8 Å². The Kier molecular flexibility index (Phi) is 8.29. The van der Waals surface area contributed by atoms with Gasteiger partial charge in [0, 0.05) is 24.7 Å². The van der Waals surface area contributed by atoms with Gasteiger partial charge >= 0.3 is 5.97 Å². The number of nitrogens with one attached hydrogen (secondary N) is 2. The first-order chi connectivity index (χ1) is 14.9. The second kappa shape index (κ2) is 10.5. The van der Waals surface area contributed by atoms with E-state index < -0.39 is 22.6 Å². The fourth-order valence-corrected chi connectivity index (χ4v) is 4.12. The van der Waals surface area contributed by atoms with Crippen molar-refractivity contribution >= 4 is 33.4 Å². The lowest BCUT2D eigenvalue weighted by Gasteiger charge is -2.13. The molecule has 0 heterocycles. The SMILES string of the molecule is CC(=O)Nc1ccc(S(=O)(=O)NCCC(=O)OCC(=O)c2cc(C)c(C)c(C)c2C)cc1. The lowest BCUT2D eigenvalue weighted by atomic mass is 9.93. The predicted molar refractivity (Wildman–Crippen MR) is 121 cm³/mol. The van der Waals surface area contributed by atoms with E-state index in [-0.39, 0.29) is 29.6 Å². The minimum absolute atomic E-state index is 0.00395. The molecule has 0 saturated carbocycles. The number of carbonyl (C=O) groups is 3. The van der Waals surface area contributed by atoms with Gasteiger partial charge in [0.1, 0.15) is 0 Å². The van der Waals surface area contributed by atoms with Gasteiger partial charge in [-0.25, -0.2) is 13.1 Å². The number of sulfonamides is 1. The van der Waals surface area contributed by atoms with Gasteiger partial charge in [-0.1, -0.05) is 0 Å². The van der Waals surface area contributed by atoms with Crippen molar-refractivity contribution in [1.82, 2.24) is 4.72 Å². The molecule has 2 rings (SSSR count). The number of carbonyl (C=O) groups excluding carboxylic acids is 3. The summed E-state index contributed by atoms with van der Waals surface area (Å²) < 4.78 is 32.0. The van der Waals surface area contributed by atoms with Crippen LogP contribution in [0.3, 0.4) is 0 Å². The summed E-state index contributed by atoms with van der Waals surface area (Å²) in [7, 11) is -3.83. The fourth-order valence-electron chi connectivity index (χ4n) is 3.09. The topological polar surface area (TPSA) is 119 Å². The molecule has 0 saturated heterocycles. The summed E-state index contributed by atoms with van der Waals surface area (Å²) in [6.45, 7) is 8.48. The molecular formula is C23H28N2O6S. The number of anilines is 1. The summed E-state index contributed by atoms with van der Waals surface area (Å²) in [4.78, 5) is 35.5. The highest BCUT2D eigenvalue weighted by atomic mass is 32.2. The summed E-state index contributed by atoms with van der Waals surface area (Å²) in [5, 5.41) is 2.55. The van der Waals surface area contributed by atoms with E-state index in [1.54, 1.807) is 6.07 Å². The number of ether oxygens (including phenoxy) is 1. The van der Waals surface area contributed by atoms with Crippen molar-refractivity contribution in [2.45, 2.75) is 45.9 Å². The van der Waals surface area contributed by atoms with Crippen molar-refractivity contribution in [3.63, 3.8) is 0 Å². The molecule has 0 atom stereocenters. The van der Waals surface area contributed by atoms with Gasteiger partial charge in [0.15, 0.2) is 6.61 Å². The van der Waals surface area contributed by atoms with Gasteiger partial charge in [-0.3, -0.25) is 14.4 Å². The van der Waals surface area contributed by atoms with Crippen molar-refractivity contribution in [3.05, 3.63) is 58.1 Å². The number of hydrogen-bond acceptors (Lipinski definition) is 6. The third kappa shape index (κ3) is 6.48. The molecule has 0 spiro atoms. The Balaban J connectivity index is 1.87. The van der Waals surface area contributed by atoms with Gasteiger partial charge in [0.2, 0.25) is 21.7 Å². The quantitative estimate of drug-likeness (QED) is 0.439. The third-order valence-electron chi connectivity index (χ3n) is 5.25. The number of hydrogen-bond donors (Lipinski definition) is 2. The molecule has 172 valence electrons. The zero-order valence-corrected chi connectivity index (χ0v) is 19.7. The Morgan fingerprint density at radius 3 is 2.16 bits per heavy atom. The Morgan fingerprint density at radius 1 is 0.938 bits per heavy atom. The highest BCUT2D eigenvalue weighted by Crippen LogP contribution is 2.21. The number of esters is 1. The number of benzene rings is 2. The molecule has 0 aliphatic rings. The predicted octanol–water partition coefficient (Wildman–Crippen LogP) is 2.97. The number of amides is 1. The van der Waals surface area contributed by atoms with Crippen molar-refractivity contribution in [1.29, 1.82) is 0 Å². The van der Waals surface area contributed by atoms with Crippen LogP contribution < -0.4 is 10.0 Å². The molecule has 1 amide bonds. The molecule has 0 bridgehead atoms. The van der Waals surface area contributed by atoms with Crippen LogP contribution in [0.1, 0.15) is 46.0 Å². The molecule has 0 aliphatic heterocycles. The summed E-state index contributed by atoms with van der Waals surface area (Å²) >= 11 is 0. The zero-order valence-electron chi connectivity index (χ0n) is 18.9. The van der Waals surface area contributed by atoms with Crippen LogP contribution in [0.15, 0.2) is 35.2 Å². The van der Waals surface area contributed by atoms with Gasteiger partial charge in [-0.2, -0.15) is 0 Å². The summed E-state index contributed by atoms with van der Waals surface area (Å²) in [6.07, 6.45) is -0.221. The van der Waals surface area contributed by atoms with Crippen LogP contribution in [0.2, 0.25) is 0 Å². The molecule has 0 unspecified atom stereocenters. The largest absolute Gasteiger partial charge is 0.457 e.